The number of amides is 1. The number of hydrogen-bond donors (Lipinski definition) is 1. The Kier molecular flexibility index (Phi) is 5.84. The highest BCUT2D eigenvalue weighted by Gasteiger charge is 2.26. The van der Waals surface area contributed by atoms with E-state index < -0.39 is 5.97 Å². The van der Waals surface area contributed by atoms with E-state index in [2.05, 4.69) is 36.7 Å². The van der Waals surface area contributed by atoms with E-state index in [-0.39, 0.29) is 18.6 Å². The summed E-state index contributed by atoms with van der Waals surface area (Å²) in [6, 6.07) is 2.94. The predicted octanol–water partition coefficient (Wildman–Crippen LogP) is 3.69. The van der Waals surface area contributed by atoms with Crippen LogP contribution in [0.25, 0.3) is 6.08 Å². The van der Waals surface area contributed by atoms with Gasteiger partial charge in [-0.15, -0.1) is 0 Å². The van der Waals surface area contributed by atoms with E-state index in [4.69, 9.17) is 4.74 Å². The van der Waals surface area contributed by atoms with Crippen molar-refractivity contribution in [2.75, 3.05) is 6.61 Å². The molecular weight excluding hydrogens is 328 g/mol. The van der Waals surface area contributed by atoms with Gasteiger partial charge in [0.1, 0.15) is 0 Å². The highest BCUT2D eigenvalue weighted by atomic mass is 16.5. The van der Waals surface area contributed by atoms with Gasteiger partial charge in [0.2, 0.25) is 0 Å². The Morgan fingerprint density at radius 2 is 1.88 bits per heavy atom. The predicted molar refractivity (Wildman–Crippen MR) is 102 cm³/mol. The van der Waals surface area contributed by atoms with Gasteiger partial charge in [0.05, 0.1) is 0 Å². The average Bonchev–Trinajstić information content (AvgIpc) is 3.39. The summed E-state index contributed by atoms with van der Waals surface area (Å²) in [6.45, 7) is 6.21. The quantitative estimate of drug-likeness (QED) is 0.623. The minimum atomic E-state index is -0.478. The minimum Gasteiger partial charge on any atom is -0.452 e. The van der Waals surface area contributed by atoms with Crippen molar-refractivity contribution in [1.29, 1.82) is 0 Å². The van der Waals surface area contributed by atoms with Crippen molar-refractivity contribution in [3.05, 3.63) is 29.1 Å². The standard InChI is InChI=1S/C21H30N2O3/c1-14-4-7-18(8-5-14)22-20(24)13-26-21(25)11-6-17-12-15(2)23(16(17)3)19-9-10-19/h6,11-12,14,18-19H,4-5,7-10,13H2,1-3H3,(H,22,24)/b11-6+. The summed E-state index contributed by atoms with van der Waals surface area (Å²) < 4.78 is 7.42. The van der Waals surface area contributed by atoms with Gasteiger partial charge in [-0.25, -0.2) is 4.79 Å². The molecule has 0 radical (unpaired) electrons. The molecule has 2 fully saturated rings. The Hall–Kier alpha value is -2.04. The third-order valence-corrected chi connectivity index (χ3v) is 5.56. The monoisotopic (exact) mass is 358 g/mol. The summed E-state index contributed by atoms with van der Waals surface area (Å²) in [5, 5.41) is 2.96. The summed E-state index contributed by atoms with van der Waals surface area (Å²) >= 11 is 0. The molecule has 1 amide bonds. The first-order valence-corrected chi connectivity index (χ1v) is 9.76. The van der Waals surface area contributed by atoms with Crippen LogP contribution in [0.5, 0.6) is 0 Å². The van der Waals surface area contributed by atoms with Crippen LogP contribution in [-0.4, -0.2) is 29.1 Å². The van der Waals surface area contributed by atoms with Gasteiger partial charge in [-0.3, -0.25) is 4.79 Å². The number of nitrogens with zero attached hydrogens (tertiary/aromatic N) is 1. The lowest BCUT2D eigenvalue weighted by Gasteiger charge is -2.26. The molecule has 1 heterocycles. The summed E-state index contributed by atoms with van der Waals surface area (Å²) in [5.41, 5.74) is 3.43. The maximum Gasteiger partial charge on any atom is 0.331 e. The van der Waals surface area contributed by atoms with Gasteiger partial charge >= 0.3 is 5.97 Å². The van der Waals surface area contributed by atoms with E-state index >= 15 is 0 Å². The van der Waals surface area contributed by atoms with Crippen molar-refractivity contribution in [1.82, 2.24) is 9.88 Å². The van der Waals surface area contributed by atoms with Gasteiger partial charge in [-0.05, 0) is 76.0 Å². The van der Waals surface area contributed by atoms with Crippen LogP contribution in [0.1, 0.15) is 68.4 Å². The minimum absolute atomic E-state index is 0.210. The van der Waals surface area contributed by atoms with E-state index in [0.29, 0.717) is 6.04 Å². The lowest BCUT2D eigenvalue weighted by atomic mass is 9.87. The molecule has 1 N–H and O–H groups in total. The summed E-state index contributed by atoms with van der Waals surface area (Å²) in [6.07, 6.45) is 9.97. The van der Waals surface area contributed by atoms with Crippen molar-refractivity contribution in [2.24, 2.45) is 5.92 Å². The van der Waals surface area contributed by atoms with Crippen LogP contribution in [0.4, 0.5) is 0 Å². The Bertz CT molecular complexity index is 692. The number of ether oxygens (including phenoxy) is 1. The van der Waals surface area contributed by atoms with Crippen LogP contribution < -0.4 is 5.32 Å². The molecule has 1 aromatic rings. The highest BCUT2D eigenvalue weighted by Crippen LogP contribution is 2.38. The molecule has 0 spiro atoms. The largest absolute Gasteiger partial charge is 0.452 e. The van der Waals surface area contributed by atoms with Crippen LogP contribution >= 0.6 is 0 Å². The van der Waals surface area contributed by atoms with E-state index in [1.54, 1.807) is 6.08 Å². The lowest BCUT2D eigenvalue weighted by Crippen LogP contribution is -2.39. The van der Waals surface area contributed by atoms with E-state index in [9.17, 15) is 9.59 Å². The summed E-state index contributed by atoms with van der Waals surface area (Å²) in [4.78, 5) is 23.8. The molecule has 5 nitrogen and oxygen atoms in total. The summed E-state index contributed by atoms with van der Waals surface area (Å²) in [5.74, 6) is 0.0554. The SMILES string of the molecule is Cc1cc(/C=C/C(=O)OCC(=O)NC2CCC(C)CC2)c(C)n1C1CC1. The zero-order valence-electron chi connectivity index (χ0n) is 16.1. The van der Waals surface area contributed by atoms with E-state index in [0.717, 1.165) is 37.2 Å². The van der Waals surface area contributed by atoms with Gasteiger partial charge in [0, 0.05) is 29.5 Å². The van der Waals surface area contributed by atoms with Crippen LogP contribution in [0, 0.1) is 19.8 Å². The van der Waals surface area contributed by atoms with Gasteiger partial charge < -0.3 is 14.6 Å². The number of aromatic nitrogens is 1. The molecule has 3 rings (SSSR count). The first-order chi connectivity index (χ1) is 12.4. The number of esters is 1. The van der Waals surface area contributed by atoms with Crippen LogP contribution in [-0.2, 0) is 14.3 Å². The summed E-state index contributed by atoms with van der Waals surface area (Å²) in [7, 11) is 0. The molecule has 0 atom stereocenters. The third-order valence-electron chi connectivity index (χ3n) is 5.56. The van der Waals surface area contributed by atoms with Crippen LogP contribution in [0.15, 0.2) is 12.1 Å². The normalized spacial score (nSPS) is 23.2. The second-order valence-corrected chi connectivity index (χ2v) is 7.89. The molecule has 0 unspecified atom stereocenters. The number of carbonyl (C=O) groups excluding carboxylic acids is 2. The maximum atomic E-state index is 11.9. The first-order valence-electron chi connectivity index (χ1n) is 9.76. The smallest absolute Gasteiger partial charge is 0.331 e. The van der Waals surface area contributed by atoms with Crippen molar-refractivity contribution >= 4 is 18.0 Å². The Balaban J connectivity index is 1.44. The van der Waals surface area contributed by atoms with Crippen molar-refractivity contribution in [3.8, 4) is 0 Å². The zero-order chi connectivity index (χ0) is 18.7. The van der Waals surface area contributed by atoms with E-state index in [1.165, 1.54) is 30.3 Å². The molecule has 0 bridgehead atoms. The highest BCUT2D eigenvalue weighted by molar-refractivity contribution is 5.89. The van der Waals surface area contributed by atoms with Crippen LogP contribution in [0.3, 0.4) is 0 Å². The van der Waals surface area contributed by atoms with Gasteiger partial charge in [0.25, 0.3) is 5.91 Å². The number of rotatable bonds is 6. The Morgan fingerprint density at radius 1 is 1.19 bits per heavy atom. The fraction of sp³-hybridized carbons (Fsp3) is 0.619. The fourth-order valence-corrected chi connectivity index (χ4v) is 3.88. The molecule has 2 aliphatic carbocycles. The molecule has 2 saturated carbocycles. The molecule has 0 aliphatic heterocycles. The molecule has 26 heavy (non-hydrogen) atoms. The number of hydrogen-bond acceptors (Lipinski definition) is 3. The number of carbonyl (C=O) groups is 2. The molecule has 0 aromatic carbocycles. The molecule has 0 saturated heterocycles. The fourth-order valence-electron chi connectivity index (χ4n) is 3.88. The third kappa shape index (κ3) is 4.77. The maximum absolute atomic E-state index is 11.9. The van der Waals surface area contributed by atoms with Gasteiger partial charge in [0.15, 0.2) is 6.61 Å². The van der Waals surface area contributed by atoms with Crippen molar-refractivity contribution < 1.29 is 14.3 Å². The molecule has 5 heteroatoms. The first kappa shape index (κ1) is 18.7. The van der Waals surface area contributed by atoms with Gasteiger partial charge in [-0.2, -0.15) is 0 Å². The van der Waals surface area contributed by atoms with E-state index in [1.807, 2.05) is 0 Å². The molecule has 1 aromatic heterocycles. The Morgan fingerprint density at radius 3 is 2.54 bits per heavy atom. The number of nitrogens with one attached hydrogen (secondary N) is 1. The second kappa shape index (κ2) is 8.11. The topological polar surface area (TPSA) is 60.3 Å². The molecule has 142 valence electrons. The molecule has 2 aliphatic rings. The van der Waals surface area contributed by atoms with Crippen molar-refractivity contribution in [2.45, 2.75) is 71.4 Å². The zero-order valence-corrected chi connectivity index (χ0v) is 16.1. The van der Waals surface area contributed by atoms with Gasteiger partial charge in [-0.1, -0.05) is 6.92 Å². The number of aryl methyl sites for hydroxylation is 1. The molecular formula is C21H30N2O3. The second-order valence-electron chi connectivity index (χ2n) is 7.89. The van der Waals surface area contributed by atoms with Crippen LogP contribution in [0.2, 0.25) is 0 Å². The lowest BCUT2D eigenvalue weighted by molar-refractivity contribution is -0.144. The average molecular weight is 358 g/mol. The van der Waals surface area contributed by atoms with Crippen molar-refractivity contribution in [3.63, 3.8) is 0 Å². The Labute approximate surface area is 155 Å².